The van der Waals surface area contributed by atoms with E-state index in [1.807, 2.05) is 26.2 Å². The molecule has 104 valence electrons. The summed E-state index contributed by atoms with van der Waals surface area (Å²) in [6.07, 6.45) is 2.39. The maximum absolute atomic E-state index is 11.7. The molecule has 0 unspecified atom stereocenters. The van der Waals surface area contributed by atoms with Crippen LogP contribution in [0, 0.1) is 5.41 Å². The summed E-state index contributed by atoms with van der Waals surface area (Å²) in [5, 5.41) is 7.91. The molecule has 0 aromatic carbocycles. The molecule has 1 saturated carbocycles. The van der Waals surface area contributed by atoms with Crippen LogP contribution in [0.2, 0.25) is 0 Å². The number of amides is 2. The van der Waals surface area contributed by atoms with Gasteiger partial charge in [0.05, 0.1) is 12.2 Å². The van der Waals surface area contributed by atoms with Crippen molar-refractivity contribution in [3.05, 3.63) is 11.1 Å². The third-order valence-electron chi connectivity index (χ3n) is 2.85. The van der Waals surface area contributed by atoms with Crippen LogP contribution >= 0.6 is 11.3 Å². The SMILES string of the molecule is CC(C)(C)C(=O)NCC(=O)Nc1nc(C2CC2)cs1. The molecule has 0 radical (unpaired) electrons. The largest absolute Gasteiger partial charge is 0.347 e. The van der Waals surface area contributed by atoms with Crippen molar-refractivity contribution >= 4 is 28.3 Å². The number of nitrogens with one attached hydrogen (secondary N) is 2. The number of carbonyl (C=O) groups excluding carboxylic acids is 2. The molecule has 1 aliphatic carbocycles. The Kier molecular flexibility index (Phi) is 3.89. The second-order valence-electron chi connectivity index (χ2n) is 5.83. The van der Waals surface area contributed by atoms with Crippen LogP contribution < -0.4 is 10.6 Å². The van der Waals surface area contributed by atoms with E-state index in [1.165, 1.54) is 24.2 Å². The highest BCUT2D eigenvalue weighted by Gasteiger charge is 2.26. The molecule has 2 rings (SSSR count). The average Bonchev–Trinajstić information content (AvgIpc) is 3.06. The van der Waals surface area contributed by atoms with Crippen molar-refractivity contribution < 1.29 is 9.59 Å². The Morgan fingerprint density at radius 1 is 1.42 bits per heavy atom. The molecule has 2 amide bonds. The topological polar surface area (TPSA) is 71.1 Å². The Balaban J connectivity index is 1.78. The summed E-state index contributed by atoms with van der Waals surface area (Å²) in [6, 6.07) is 0. The summed E-state index contributed by atoms with van der Waals surface area (Å²) in [5.74, 6) is 0.206. The van der Waals surface area contributed by atoms with E-state index < -0.39 is 5.41 Å². The molecular formula is C13H19N3O2S. The van der Waals surface area contributed by atoms with E-state index >= 15 is 0 Å². The fraction of sp³-hybridized carbons (Fsp3) is 0.615. The van der Waals surface area contributed by atoms with Crippen LogP contribution in [0.15, 0.2) is 5.38 Å². The summed E-state index contributed by atoms with van der Waals surface area (Å²) in [7, 11) is 0. The second kappa shape index (κ2) is 5.28. The Morgan fingerprint density at radius 2 is 2.11 bits per heavy atom. The standard InChI is InChI=1S/C13H19N3O2S/c1-13(2,3)11(18)14-6-10(17)16-12-15-9(7-19-12)8-4-5-8/h7-8H,4-6H2,1-3H3,(H,14,18)(H,15,16,17). The normalized spacial score (nSPS) is 15.1. The first-order valence-electron chi connectivity index (χ1n) is 6.40. The van der Waals surface area contributed by atoms with Crippen LogP contribution in [0.1, 0.15) is 45.2 Å². The monoisotopic (exact) mass is 281 g/mol. The van der Waals surface area contributed by atoms with E-state index in [0.29, 0.717) is 11.0 Å². The molecule has 1 heterocycles. The number of thiazole rings is 1. The molecule has 1 fully saturated rings. The van der Waals surface area contributed by atoms with E-state index in [9.17, 15) is 9.59 Å². The summed E-state index contributed by atoms with van der Waals surface area (Å²) < 4.78 is 0. The van der Waals surface area contributed by atoms with E-state index in [2.05, 4.69) is 15.6 Å². The lowest BCUT2D eigenvalue weighted by molar-refractivity contribution is -0.130. The predicted molar refractivity (Wildman–Crippen MR) is 75.2 cm³/mol. The molecule has 0 bridgehead atoms. The van der Waals surface area contributed by atoms with Gasteiger partial charge in [0.25, 0.3) is 0 Å². The van der Waals surface area contributed by atoms with Gasteiger partial charge in [0.2, 0.25) is 11.8 Å². The number of aromatic nitrogens is 1. The zero-order valence-electron chi connectivity index (χ0n) is 11.4. The fourth-order valence-corrected chi connectivity index (χ4v) is 2.31. The minimum Gasteiger partial charge on any atom is -0.347 e. The van der Waals surface area contributed by atoms with Gasteiger partial charge in [-0.25, -0.2) is 4.98 Å². The third-order valence-corrected chi connectivity index (χ3v) is 3.63. The quantitative estimate of drug-likeness (QED) is 0.888. The molecule has 1 aromatic rings. The van der Waals surface area contributed by atoms with Gasteiger partial charge in [-0.2, -0.15) is 0 Å². The molecule has 1 aliphatic rings. The van der Waals surface area contributed by atoms with Crippen LogP contribution in [0.25, 0.3) is 0 Å². The molecule has 0 spiro atoms. The highest BCUT2D eigenvalue weighted by Crippen LogP contribution is 2.40. The lowest BCUT2D eigenvalue weighted by Gasteiger charge is -2.17. The Hall–Kier alpha value is -1.43. The summed E-state index contributed by atoms with van der Waals surface area (Å²) in [6.45, 7) is 5.41. The van der Waals surface area contributed by atoms with Gasteiger partial charge in [0.15, 0.2) is 5.13 Å². The maximum atomic E-state index is 11.7. The molecule has 1 aromatic heterocycles. The number of rotatable bonds is 4. The Labute approximate surface area is 116 Å². The number of carbonyl (C=O) groups is 2. The van der Waals surface area contributed by atoms with Crippen molar-refractivity contribution in [2.75, 3.05) is 11.9 Å². The highest BCUT2D eigenvalue weighted by molar-refractivity contribution is 7.13. The van der Waals surface area contributed by atoms with Crippen LogP contribution in [-0.2, 0) is 9.59 Å². The highest BCUT2D eigenvalue weighted by atomic mass is 32.1. The van der Waals surface area contributed by atoms with Crippen molar-refractivity contribution in [1.29, 1.82) is 0 Å². The van der Waals surface area contributed by atoms with Gasteiger partial charge in [-0.1, -0.05) is 20.8 Å². The fourth-order valence-electron chi connectivity index (χ4n) is 1.50. The molecule has 5 nitrogen and oxygen atoms in total. The van der Waals surface area contributed by atoms with Crippen LogP contribution in [0.3, 0.4) is 0 Å². The first-order chi connectivity index (χ1) is 8.86. The van der Waals surface area contributed by atoms with E-state index in [-0.39, 0.29) is 18.4 Å². The molecule has 2 N–H and O–H groups in total. The van der Waals surface area contributed by atoms with Gasteiger partial charge < -0.3 is 10.6 Å². The van der Waals surface area contributed by atoms with Gasteiger partial charge in [-0.15, -0.1) is 11.3 Å². The summed E-state index contributed by atoms with van der Waals surface area (Å²) in [4.78, 5) is 27.7. The predicted octanol–water partition coefficient (Wildman–Crippen LogP) is 2.12. The van der Waals surface area contributed by atoms with Crippen LogP contribution in [-0.4, -0.2) is 23.3 Å². The van der Waals surface area contributed by atoms with Crippen molar-refractivity contribution in [2.45, 2.75) is 39.5 Å². The lowest BCUT2D eigenvalue weighted by atomic mass is 9.96. The minimum atomic E-state index is -0.486. The van der Waals surface area contributed by atoms with Crippen molar-refractivity contribution in [1.82, 2.24) is 10.3 Å². The van der Waals surface area contributed by atoms with Gasteiger partial charge >= 0.3 is 0 Å². The summed E-state index contributed by atoms with van der Waals surface area (Å²) in [5.41, 5.74) is 0.583. The smallest absolute Gasteiger partial charge is 0.245 e. The number of hydrogen-bond donors (Lipinski definition) is 2. The van der Waals surface area contributed by atoms with Crippen molar-refractivity contribution in [2.24, 2.45) is 5.41 Å². The van der Waals surface area contributed by atoms with Gasteiger partial charge in [-0.05, 0) is 12.8 Å². The van der Waals surface area contributed by atoms with Gasteiger partial charge in [-0.3, -0.25) is 9.59 Å². The molecular weight excluding hydrogens is 262 g/mol. The third kappa shape index (κ3) is 4.02. The van der Waals surface area contributed by atoms with Crippen molar-refractivity contribution in [3.63, 3.8) is 0 Å². The molecule has 6 heteroatoms. The molecule has 0 atom stereocenters. The number of nitrogens with zero attached hydrogens (tertiary/aromatic N) is 1. The van der Waals surface area contributed by atoms with E-state index in [1.54, 1.807) is 0 Å². The zero-order chi connectivity index (χ0) is 14.0. The number of hydrogen-bond acceptors (Lipinski definition) is 4. The number of anilines is 1. The lowest BCUT2D eigenvalue weighted by Crippen LogP contribution is -2.39. The Morgan fingerprint density at radius 3 is 2.68 bits per heavy atom. The maximum Gasteiger partial charge on any atom is 0.245 e. The minimum absolute atomic E-state index is 0.0194. The zero-order valence-corrected chi connectivity index (χ0v) is 12.3. The van der Waals surface area contributed by atoms with Gasteiger partial charge in [0, 0.05) is 16.7 Å². The first kappa shape index (κ1) is 14.0. The van der Waals surface area contributed by atoms with Crippen molar-refractivity contribution in [3.8, 4) is 0 Å². The second-order valence-corrected chi connectivity index (χ2v) is 6.69. The molecule has 0 saturated heterocycles. The van der Waals surface area contributed by atoms with Crippen LogP contribution in [0.5, 0.6) is 0 Å². The average molecular weight is 281 g/mol. The van der Waals surface area contributed by atoms with E-state index in [4.69, 9.17) is 0 Å². The molecule has 0 aliphatic heterocycles. The van der Waals surface area contributed by atoms with Crippen LogP contribution in [0.4, 0.5) is 5.13 Å². The summed E-state index contributed by atoms with van der Waals surface area (Å²) >= 11 is 1.43. The Bertz CT molecular complexity index is 486. The molecule has 19 heavy (non-hydrogen) atoms. The first-order valence-corrected chi connectivity index (χ1v) is 7.28. The van der Waals surface area contributed by atoms with Gasteiger partial charge in [0.1, 0.15) is 0 Å². The van der Waals surface area contributed by atoms with E-state index in [0.717, 1.165) is 5.69 Å².